The van der Waals surface area contributed by atoms with E-state index in [1.54, 1.807) is 0 Å². The normalized spacial score (nSPS) is 16.4. The molecule has 1 saturated heterocycles. The topological polar surface area (TPSA) is 39.7 Å². The molecule has 1 fully saturated rings. The Balaban J connectivity index is 0.00000312. The van der Waals surface area contributed by atoms with Gasteiger partial charge in [-0.3, -0.25) is 0 Å². The third-order valence-corrected chi connectivity index (χ3v) is 4.93. The van der Waals surface area contributed by atoms with Gasteiger partial charge in [0, 0.05) is 18.1 Å². The van der Waals surface area contributed by atoms with Gasteiger partial charge in [0.2, 0.25) is 0 Å². The van der Waals surface area contributed by atoms with Crippen LogP contribution in [-0.2, 0) is 6.54 Å². The molecule has 0 saturated carbocycles. The van der Waals surface area contributed by atoms with Gasteiger partial charge < -0.3 is 15.5 Å². The van der Waals surface area contributed by atoms with Crippen molar-refractivity contribution in [3.8, 4) is 0 Å². The summed E-state index contributed by atoms with van der Waals surface area (Å²) in [5.41, 5.74) is 1.17. The van der Waals surface area contributed by atoms with E-state index in [2.05, 4.69) is 34.4 Å². The molecule has 25 heavy (non-hydrogen) atoms. The minimum absolute atomic E-state index is 0. The van der Waals surface area contributed by atoms with Crippen LogP contribution >= 0.6 is 35.6 Å². The highest BCUT2D eigenvalue weighted by molar-refractivity contribution is 14.0. The van der Waals surface area contributed by atoms with Crippen molar-refractivity contribution in [1.82, 2.24) is 15.5 Å². The van der Waals surface area contributed by atoms with Crippen molar-refractivity contribution in [2.75, 3.05) is 32.7 Å². The maximum atomic E-state index is 5.92. The molecule has 1 aliphatic heterocycles. The van der Waals surface area contributed by atoms with Gasteiger partial charge in [-0.05, 0) is 69.4 Å². The van der Waals surface area contributed by atoms with Gasteiger partial charge in [0.1, 0.15) is 0 Å². The Kier molecular flexibility index (Phi) is 11.5. The van der Waals surface area contributed by atoms with E-state index in [9.17, 15) is 0 Å². The minimum Gasteiger partial charge on any atom is -0.357 e. The number of halogens is 2. The molecular formula is C19H32ClIN4. The van der Waals surface area contributed by atoms with Crippen LogP contribution < -0.4 is 10.6 Å². The summed E-state index contributed by atoms with van der Waals surface area (Å²) < 4.78 is 0. The first-order valence-corrected chi connectivity index (χ1v) is 9.58. The van der Waals surface area contributed by atoms with Gasteiger partial charge in [-0.25, -0.2) is 4.99 Å². The fourth-order valence-electron chi connectivity index (χ4n) is 3.09. The number of hydrogen-bond donors (Lipinski definition) is 2. The molecule has 0 atom stereocenters. The largest absolute Gasteiger partial charge is 0.357 e. The van der Waals surface area contributed by atoms with Crippen LogP contribution in [0.15, 0.2) is 29.3 Å². The minimum atomic E-state index is 0. The smallest absolute Gasteiger partial charge is 0.191 e. The van der Waals surface area contributed by atoms with E-state index in [1.807, 2.05) is 24.3 Å². The molecule has 0 amide bonds. The molecule has 142 valence electrons. The SMILES string of the molecule is CCNC(=NCc1ccc(Cl)cc1)NCCC1CCN(CC)CC1.I. The summed E-state index contributed by atoms with van der Waals surface area (Å²) in [5, 5.41) is 7.56. The Bertz CT molecular complexity index is 499. The van der Waals surface area contributed by atoms with Gasteiger partial charge in [0.25, 0.3) is 0 Å². The van der Waals surface area contributed by atoms with Crippen molar-refractivity contribution < 1.29 is 0 Å². The molecule has 2 N–H and O–H groups in total. The number of guanidine groups is 1. The van der Waals surface area contributed by atoms with E-state index in [-0.39, 0.29) is 24.0 Å². The summed E-state index contributed by atoms with van der Waals surface area (Å²) in [6.45, 7) is 10.6. The van der Waals surface area contributed by atoms with Crippen LogP contribution in [0, 0.1) is 5.92 Å². The van der Waals surface area contributed by atoms with Gasteiger partial charge in [-0.1, -0.05) is 30.7 Å². The molecule has 4 nitrogen and oxygen atoms in total. The average molecular weight is 479 g/mol. The van der Waals surface area contributed by atoms with E-state index < -0.39 is 0 Å². The standard InChI is InChI=1S/C19H31ClN4.HI/c1-3-21-19(23-15-17-5-7-18(20)8-6-17)22-12-9-16-10-13-24(4-2)14-11-16;/h5-8,16H,3-4,9-15H2,1-2H3,(H2,21,22,23);1H. The Labute approximate surface area is 174 Å². The van der Waals surface area contributed by atoms with E-state index >= 15 is 0 Å². The number of aliphatic imine (C=N–C) groups is 1. The molecule has 0 unspecified atom stereocenters. The predicted octanol–water partition coefficient (Wildman–Crippen LogP) is 4.14. The molecular weight excluding hydrogens is 447 g/mol. The molecule has 1 aromatic carbocycles. The zero-order valence-corrected chi connectivity index (χ0v) is 18.5. The third kappa shape index (κ3) is 8.60. The first-order chi connectivity index (χ1) is 11.7. The van der Waals surface area contributed by atoms with E-state index in [0.717, 1.165) is 30.0 Å². The number of rotatable bonds is 7. The summed E-state index contributed by atoms with van der Waals surface area (Å²) >= 11 is 5.92. The van der Waals surface area contributed by atoms with E-state index in [0.29, 0.717) is 6.54 Å². The summed E-state index contributed by atoms with van der Waals surface area (Å²) in [6, 6.07) is 7.87. The molecule has 0 aromatic heterocycles. The fourth-order valence-corrected chi connectivity index (χ4v) is 3.21. The van der Waals surface area contributed by atoms with Gasteiger partial charge in [0.05, 0.1) is 6.54 Å². The molecule has 1 heterocycles. The van der Waals surface area contributed by atoms with Gasteiger partial charge in [-0.15, -0.1) is 24.0 Å². The highest BCUT2D eigenvalue weighted by atomic mass is 127. The number of piperidine rings is 1. The van der Waals surface area contributed by atoms with Crippen molar-refractivity contribution in [2.24, 2.45) is 10.9 Å². The lowest BCUT2D eigenvalue weighted by Gasteiger charge is -2.31. The van der Waals surface area contributed by atoms with Crippen LogP contribution in [0.25, 0.3) is 0 Å². The summed E-state index contributed by atoms with van der Waals surface area (Å²) in [5.74, 6) is 1.75. The van der Waals surface area contributed by atoms with Gasteiger partial charge in [-0.2, -0.15) is 0 Å². The van der Waals surface area contributed by atoms with E-state index in [1.165, 1.54) is 44.5 Å². The van der Waals surface area contributed by atoms with Crippen LogP contribution in [0.5, 0.6) is 0 Å². The zero-order valence-electron chi connectivity index (χ0n) is 15.4. The molecule has 0 spiro atoms. The van der Waals surface area contributed by atoms with Crippen molar-refractivity contribution in [3.05, 3.63) is 34.9 Å². The van der Waals surface area contributed by atoms with Crippen LogP contribution in [0.2, 0.25) is 5.02 Å². The summed E-state index contributed by atoms with van der Waals surface area (Å²) in [4.78, 5) is 7.21. The lowest BCUT2D eigenvalue weighted by Crippen LogP contribution is -2.39. The molecule has 1 aliphatic rings. The number of likely N-dealkylation sites (tertiary alicyclic amines) is 1. The molecule has 0 radical (unpaired) electrons. The number of hydrogen-bond acceptors (Lipinski definition) is 2. The van der Waals surface area contributed by atoms with Gasteiger partial charge in [0.15, 0.2) is 5.96 Å². The average Bonchev–Trinajstić information content (AvgIpc) is 2.61. The van der Waals surface area contributed by atoms with Crippen LogP contribution in [0.1, 0.15) is 38.7 Å². The van der Waals surface area contributed by atoms with Crippen LogP contribution in [0.3, 0.4) is 0 Å². The number of benzene rings is 1. The van der Waals surface area contributed by atoms with Crippen LogP contribution in [-0.4, -0.2) is 43.6 Å². The van der Waals surface area contributed by atoms with Crippen molar-refractivity contribution in [3.63, 3.8) is 0 Å². The molecule has 2 rings (SSSR count). The second-order valence-corrected chi connectivity index (χ2v) is 6.85. The Morgan fingerprint density at radius 1 is 1.16 bits per heavy atom. The van der Waals surface area contributed by atoms with Crippen molar-refractivity contribution in [1.29, 1.82) is 0 Å². The molecule has 1 aromatic rings. The predicted molar refractivity (Wildman–Crippen MR) is 119 cm³/mol. The van der Waals surface area contributed by atoms with Crippen LogP contribution in [0.4, 0.5) is 0 Å². The third-order valence-electron chi connectivity index (χ3n) is 4.68. The quantitative estimate of drug-likeness (QED) is 0.352. The second kappa shape index (κ2) is 12.8. The fraction of sp³-hybridized carbons (Fsp3) is 0.632. The Hall–Kier alpha value is -0.530. The first-order valence-electron chi connectivity index (χ1n) is 9.20. The van der Waals surface area contributed by atoms with E-state index in [4.69, 9.17) is 11.6 Å². The van der Waals surface area contributed by atoms with Crippen molar-refractivity contribution in [2.45, 2.75) is 39.7 Å². The lowest BCUT2D eigenvalue weighted by molar-refractivity contribution is 0.187. The van der Waals surface area contributed by atoms with Gasteiger partial charge >= 0.3 is 0 Å². The Morgan fingerprint density at radius 3 is 2.44 bits per heavy atom. The molecule has 6 heteroatoms. The monoisotopic (exact) mass is 478 g/mol. The zero-order chi connectivity index (χ0) is 17.2. The molecule has 0 bridgehead atoms. The highest BCUT2D eigenvalue weighted by Crippen LogP contribution is 2.19. The maximum absolute atomic E-state index is 5.92. The lowest BCUT2D eigenvalue weighted by atomic mass is 9.93. The Morgan fingerprint density at radius 2 is 1.84 bits per heavy atom. The maximum Gasteiger partial charge on any atom is 0.191 e. The number of nitrogens with one attached hydrogen (secondary N) is 2. The van der Waals surface area contributed by atoms with Crippen molar-refractivity contribution >= 4 is 41.5 Å². The highest BCUT2D eigenvalue weighted by Gasteiger charge is 2.17. The number of nitrogens with zero attached hydrogens (tertiary/aromatic N) is 2. The molecule has 0 aliphatic carbocycles. The first kappa shape index (κ1) is 22.5. The summed E-state index contributed by atoms with van der Waals surface area (Å²) in [7, 11) is 0. The summed E-state index contributed by atoms with van der Waals surface area (Å²) in [6.07, 6.45) is 3.88. The second-order valence-electron chi connectivity index (χ2n) is 6.41.